The zero-order chi connectivity index (χ0) is 15.2. The van der Waals surface area contributed by atoms with Crippen LogP contribution in [0.15, 0.2) is 40.9 Å². The third kappa shape index (κ3) is 4.42. The minimum absolute atomic E-state index is 0.361. The molecule has 0 amide bonds. The maximum atomic E-state index is 6.01. The lowest BCUT2D eigenvalue weighted by molar-refractivity contribution is 0.0564. The molecule has 1 aromatic carbocycles. The Morgan fingerprint density at radius 2 is 2.18 bits per heavy atom. The van der Waals surface area contributed by atoms with Crippen LogP contribution in [0.1, 0.15) is 29.9 Å². The highest BCUT2D eigenvalue weighted by atomic mass is 16.5. The second kappa shape index (κ2) is 7.56. The summed E-state index contributed by atoms with van der Waals surface area (Å²) in [5.74, 6) is 0.947. The lowest BCUT2D eigenvalue weighted by Crippen LogP contribution is -2.23. The van der Waals surface area contributed by atoms with Crippen LogP contribution >= 0.6 is 0 Å². The molecule has 2 heterocycles. The smallest absolute Gasteiger partial charge is 0.150 e. The molecule has 0 N–H and O–H groups in total. The first-order valence-electron chi connectivity index (χ1n) is 8.10. The van der Waals surface area contributed by atoms with E-state index in [4.69, 9.17) is 9.26 Å². The van der Waals surface area contributed by atoms with Crippen LogP contribution in [0.4, 0.5) is 0 Å². The molecule has 1 aliphatic rings. The van der Waals surface area contributed by atoms with Crippen LogP contribution in [0.5, 0.6) is 0 Å². The zero-order valence-corrected chi connectivity index (χ0v) is 13.2. The highest BCUT2D eigenvalue weighted by Gasteiger charge is 2.23. The quantitative estimate of drug-likeness (QED) is 0.736. The summed E-state index contributed by atoms with van der Waals surface area (Å²) in [5.41, 5.74) is 2.34. The Morgan fingerprint density at radius 3 is 2.95 bits per heavy atom. The molecule has 1 saturated heterocycles. The van der Waals surface area contributed by atoms with Crippen molar-refractivity contribution in [2.75, 3.05) is 19.7 Å². The molecule has 118 valence electrons. The molecule has 0 spiro atoms. The summed E-state index contributed by atoms with van der Waals surface area (Å²) in [5, 5.41) is 3.93. The normalized spacial score (nSPS) is 18.9. The number of rotatable bonds is 7. The molecular weight excluding hydrogens is 276 g/mol. The average Bonchev–Trinajstić information content (AvgIpc) is 3.14. The Morgan fingerprint density at radius 1 is 1.32 bits per heavy atom. The van der Waals surface area contributed by atoms with E-state index in [0.29, 0.717) is 6.10 Å². The van der Waals surface area contributed by atoms with E-state index in [1.807, 2.05) is 13.0 Å². The van der Waals surface area contributed by atoms with Crippen molar-refractivity contribution in [2.24, 2.45) is 0 Å². The van der Waals surface area contributed by atoms with Gasteiger partial charge < -0.3 is 9.26 Å². The van der Waals surface area contributed by atoms with Crippen LogP contribution in [0, 0.1) is 6.92 Å². The van der Waals surface area contributed by atoms with Gasteiger partial charge in [-0.25, -0.2) is 0 Å². The monoisotopic (exact) mass is 300 g/mol. The Labute approximate surface area is 132 Å². The van der Waals surface area contributed by atoms with Crippen LogP contribution in [-0.4, -0.2) is 35.9 Å². The second-order valence-electron chi connectivity index (χ2n) is 6.04. The molecule has 1 atom stereocenters. The van der Waals surface area contributed by atoms with Crippen molar-refractivity contribution in [3.05, 3.63) is 53.4 Å². The predicted molar refractivity (Wildman–Crippen MR) is 85.6 cm³/mol. The molecule has 1 fully saturated rings. The van der Waals surface area contributed by atoms with Gasteiger partial charge in [0.1, 0.15) is 0 Å². The lowest BCUT2D eigenvalue weighted by Gasteiger charge is -2.14. The molecule has 2 aromatic rings. The summed E-state index contributed by atoms with van der Waals surface area (Å²) < 4.78 is 11.3. The second-order valence-corrected chi connectivity index (χ2v) is 6.04. The summed E-state index contributed by atoms with van der Waals surface area (Å²) in [6.07, 6.45) is 3.65. The average molecular weight is 300 g/mol. The molecule has 1 aliphatic heterocycles. The highest BCUT2D eigenvalue weighted by Crippen LogP contribution is 2.17. The molecule has 3 rings (SSSR count). The molecule has 22 heavy (non-hydrogen) atoms. The van der Waals surface area contributed by atoms with E-state index in [2.05, 4.69) is 40.4 Å². The number of benzene rings is 1. The minimum atomic E-state index is 0.361. The third-order valence-electron chi connectivity index (χ3n) is 4.09. The number of nitrogens with zero attached hydrogens (tertiary/aromatic N) is 2. The topological polar surface area (TPSA) is 38.5 Å². The number of likely N-dealkylation sites (tertiary alicyclic amines) is 1. The molecule has 0 saturated carbocycles. The molecule has 4 heteroatoms. The fourth-order valence-corrected chi connectivity index (χ4v) is 2.96. The van der Waals surface area contributed by atoms with Gasteiger partial charge in [0.05, 0.1) is 18.3 Å². The summed E-state index contributed by atoms with van der Waals surface area (Å²) in [6, 6.07) is 12.6. The van der Waals surface area contributed by atoms with Crippen molar-refractivity contribution < 1.29 is 9.26 Å². The van der Waals surface area contributed by atoms with Crippen molar-refractivity contribution in [3.8, 4) is 0 Å². The summed E-state index contributed by atoms with van der Waals surface area (Å²) >= 11 is 0. The first-order valence-corrected chi connectivity index (χ1v) is 8.10. The van der Waals surface area contributed by atoms with Crippen molar-refractivity contribution in [1.29, 1.82) is 0 Å². The van der Waals surface area contributed by atoms with Gasteiger partial charge in [-0.3, -0.25) is 4.90 Å². The van der Waals surface area contributed by atoms with Gasteiger partial charge in [-0.05, 0) is 31.7 Å². The van der Waals surface area contributed by atoms with Gasteiger partial charge >= 0.3 is 0 Å². The Hall–Kier alpha value is -1.65. The Kier molecular flexibility index (Phi) is 5.24. The van der Waals surface area contributed by atoms with Crippen LogP contribution in [0.25, 0.3) is 0 Å². The molecule has 0 bridgehead atoms. The zero-order valence-electron chi connectivity index (χ0n) is 13.2. The molecule has 0 radical (unpaired) electrons. The molecule has 0 aliphatic carbocycles. The maximum Gasteiger partial charge on any atom is 0.150 e. The number of aromatic nitrogens is 1. The molecule has 4 nitrogen and oxygen atoms in total. The first kappa shape index (κ1) is 15.3. The largest absolute Gasteiger partial charge is 0.377 e. The van der Waals surface area contributed by atoms with E-state index in [1.165, 1.54) is 5.56 Å². The van der Waals surface area contributed by atoms with Gasteiger partial charge in [0, 0.05) is 25.8 Å². The first-order chi connectivity index (χ1) is 10.8. The molecule has 1 unspecified atom stereocenters. The summed E-state index contributed by atoms with van der Waals surface area (Å²) in [7, 11) is 0. The SMILES string of the molecule is Cc1cc(CN2CCC(OCCCc3ccccc3)C2)on1. The number of ether oxygens (including phenoxy) is 1. The highest BCUT2D eigenvalue weighted by molar-refractivity contribution is 5.14. The standard InChI is InChI=1S/C18H24N2O2/c1-15-12-18(22-19-15)14-20-10-9-17(13-20)21-11-5-8-16-6-3-2-4-7-16/h2-4,6-7,12,17H,5,8-11,13-14H2,1H3. The van der Waals surface area contributed by atoms with E-state index in [9.17, 15) is 0 Å². The predicted octanol–water partition coefficient (Wildman–Crippen LogP) is 3.21. The maximum absolute atomic E-state index is 6.01. The van der Waals surface area contributed by atoms with E-state index in [1.54, 1.807) is 0 Å². The van der Waals surface area contributed by atoms with Gasteiger partial charge in [-0.1, -0.05) is 35.5 Å². The van der Waals surface area contributed by atoms with E-state index in [-0.39, 0.29) is 0 Å². The van der Waals surface area contributed by atoms with Crippen molar-refractivity contribution in [2.45, 2.75) is 38.8 Å². The molecular formula is C18H24N2O2. The fourth-order valence-electron chi connectivity index (χ4n) is 2.96. The summed E-state index contributed by atoms with van der Waals surface area (Å²) in [6.45, 7) is 5.70. The van der Waals surface area contributed by atoms with Crippen molar-refractivity contribution >= 4 is 0 Å². The van der Waals surface area contributed by atoms with Crippen LogP contribution in [0.3, 0.4) is 0 Å². The number of hydrogen-bond acceptors (Lipinski definition) is 4. The van der Waals surface area contributed by atoms with Gasteiger partial charge in [0.2, 0.25) is 0 Å². The number of aryl methyl sites for hydroxylation is 2. The van der Waals surface area contributed by atoms with Crippen molar-refractivity contribution in [1.82, 2.24) is 10.1 Å². The van der Waals surface area contributed by atoms with Crippen LogP contribution in [-0.2, 0) is 17.7 Å². The summed E-state index contributed by atoms with van der Waals surface area (Å²) in [4.78, 5) is 2.38. The lowest BCUT2D eigenvalue weighted by atomic mass is 10.1. The molecule has 1 aromatic heterocycles. The van der Waals surface area contributed by atoms with Crippen molar-refractivity contribution in [3.63, 3.8) is 0 Å². The van der Waals surface area contributed by atoms with Gasteiger partial charge in [0.25, 0.3) is 0 Å². The van der Waals surface area contributed by atoms with Gasteiger partial charge in [-0.2, -0.15) is 0 Å². The number of hydrogen-bond donors (Lipinski definition) is 0. The fraction of sp³-hybridized carbons (Fsp3) is 0.500. The minimum Gasteiger partial charge on any atom is -0.377 e. The Bertz CT molecular complexity index is 567. The van der Waals surface area contributed by atoms with E-state index >= 15 is 0 Å². The van der Waals surface area contributed by atoms with E-state index < -0.39 is 0 Å². The van der Waals surface area contributed by atoms with Gasteiger partial charge in [-0.15, -0.1) is 0 Å². The van der Waals surface area contributed by atoms with Crippen LogP contribution < -0.4 is 0 Å². The third-order valence-corrected chi connectivity index (χ3v) is 4.09. The van der Waals surface area contributed by atoms with Crippen LogP contribution in [0.2, 0.25) is 0 Å². The van der Waals surface area contributed by atoms with Gasteiger partial charge in [0.15, 0.2) is 5.76 Å². The Balaban J connectivity index is 1.33. The van der Waals surface area contributed by atoms with E-state index in [0.717, 1.165) is 57.0 Å².